The first-order valence-corrected chi connectivity index (χ1v) is 3.20. The Kier molecular flexibility index (Phi) is 1.84. The van der Waals surface area contributed by atoms with Gasteiger partial charge in [-0.05, 0) is 0 Å². The maximum absolute atomic E-state index is 9.36. The first-order valence-electron chi connectivity index (χ1n) is 0.659. The van der Waals surface area contributed by atoms with Gasteiger partial charge in [0.05, 0.1) is 0 Å². The van der Waals surface area contributed by atoms with Crippen molar-refractivity contribution in [2.24, 2.45) is 0 Å². The second kappa shape index (κ2) is 1.68. The molecule has 0 aromatic carbocycles. The van der Waals surface area contributed by atoms with Crippen LogP contribution in [0.3, 0.4) is 0 Å². The summed E-state index contributed by atoms with van der Waals surface area (Å²) < 4.78 is 9.36. The SMILES string of the molecule is B=S(=O)=P. The second-order valence-corrected chi connectivity index (χ2v) is 2.40. The topological polar surface area (TPSA) is 17.1 Å². The first-order chi connectivity index (χ1) is 1.73. The van der Waals surface area contributed by atoms with Gasteiger partial charge in [0, 0.05) is 0 Å². The molecule has 0 aliphatic heterocycles. The van der Waals surface area contributed by atoms with Crippen LogP contribution in [0.15, 0.2) is 0 Å². The Bertz CT molecular complexity index is 77.4. The van der Waals surface area contributed by atoms with Crippen molar-refractivity contribution in [3.05, 3.63) is 0 Å². The summed E-state index contributed by atoms with van der Waals surface area (Å²) in [6.07, 6.45) is 0. The van der Waals surface area contributed by atoms with Gasteiger partial charge >= 0.3 is 28.3 Å². The molecule has 22 valence electrons. The molecule has 0 spiro atoms. The molecule has 4 heavy (non-hydrogen) atoms. The van der Waals surface area contributed by atoms with E-state index in [2.05, 4.69) is 14.7 Å². The first kappa shape index (κ1) is 4.38. The summed E-state index contributed by atoms with van der Waals surface area (Å²) >= 11 is 0. The molecule has 0 amide bonds. The summed E-state index contributed by atoms with van der Waals surface area (Å²) in [4.78, 5) is 0. The average molecular weight is 91.9 g/mol. The average Bonchev–Trinajstić information content (AvgIpc) is 0.811. The molecule has 0 aliphatic carbocycles. The molecule has 0 heterocycles. The summed E-state index contributed by atoms with van der Waals surface area (Å²) in [7, 11) is 1.62. The van der Waals surface area contributed by atoms with Gasteiger partial charge in [0.25, 0.3) is 0 Å². The quantitative estimate of drug-likeness (QED) is 0.293. The van der Waals surface area contributed by atoms with E-state index in [4.69, 9.17) is 0 Å². The zero-order valence-corrected chi connectivity index (χ0v) is 3.84. The van der Waals surface area contributed by atoms with Crippen molar-refractivity contribution in [1.82, 2.24) is 0 Å². The van der Waals surface area contributed by atoms with E-state index in [1.807, 2.05) is 0 Å². The predicted molar refractivity (Wildman–Crippen MR) is 23.6 cm³/mol. The van der Waals surface area contributed by atoms with Crippen LogP contribution < -0.4 is 0 Å². The molecule has 0 bridgehead atoms. The normalized spacial score (nSPS) is 5.75. The van der Waals surface area contributed by atoms with Gasteiger partial charge in [0.15, 0.2) is 0 Å². The summed E-state index contributed by atoms with van der Waals surface area (Å²) in [5.41, 5.74) is 0. The summed E-state index contributed by atoms with van der Waals surface area (Å²) in [5, 5.41) is 0. The van der Waals surface area contributed by atoms with Gasteiger partial charge in [-0.25, -0.2) is 0 Å². The summed E-state index contributed by atoms with van der Waals surface area (Å²) in [6, 6.07) is 0. The molecule has 0 unspecified atom stereocenters. The van der Waals surface area contributed by atoms with Gasteiger partial charge in [-0.2, -0.15) is 0 Å². The zero-order chi connectivity index (χ0) is 3.58. The van der Waals surface area contributed by atoms with Gasteiger partial charge in [0.2, 0.25) is 0 Å². The fraction of sp³-hybridized carbons (Fsp3) is 0. The van der Waals surface area contributed by atoms with E-state index in [1.165, 1.54) is 0 Å². The number of rotatable bonds is 0. The summed E-state index contributed by atoms with van der Waals surface area (Å²) in [5.74, 6) is 0. The molecule has 0 atom stereocenters. The Hall–Kier alpha value is 0.385. The Morgan fingerprint density at radius 3 is 2.00 bits per heavy atom. The molecule has 0 fully saturated rings. The Labute approximate surface area is 29.2 Å². The predicted octanol–water partition coefficient (Wildman–Crippen LogP) is -0.391. The van der Waals surface area contributed by atoms with E-state index in [0.717, 1.165) is 0 Å². The third-order valence-corrected chi connectivity index (χ3v) is 0. The van der Waals surface area contributed by atoms with E-state index < -0.39 is 9.40 Å². The van der Waals surface area contributed by atoms with Gasteiger partial charge in [-0.15, -0.1) is 0 Å². The van der Waals surface area contributed by atoms with Crippen LogP contribution in [0.5, 0.6) is 0 Å². The molecular weight excluding hydrogens is 89.9 g/mol. The summed E-state index contributed by atoms with van der Waals surface area (Å²) in [6.45, 7) is 3.02. The van der Waals surface area contributed by atoms with Gasteiger partial charge in [0.1, 0.15) is 0 Å². The second-order valence-electron chi connectivity index (χ2n) is 0.346. The number of hydrogen-bond donors (Lipinski definition) is 0. The van der Waals surface area contributed by atoms with Crippen LogP contribution in [0.1, 0.15) is 0 Å². The third kappa shape index (κ3) is 30.9. The van der Waals surface area contributed by atoms with E-state index in [1.54, 1.807) is 0 Å². The molecule has 4 heteroatoms. The Morgan fingerprint density at radius 1 is 2.00 bits per heavy atom. The van der Waals surface area contributed by atoms with Crippen molar-refractivity contribution in [3.63, 3.8) is 0 Å². The molecule has 1 nitrogen and oxygen atoms in total. The fourth-order valence-electron chi connectivity index (χ4n) is 0. The van der Waals surface area contributed by atoms with Crippen molar-refractivity contribution in [1.29, 1.82) is 0 Å². The van der Waals surface area contributed by atoms with Gasteiger partial charge in [-0.3, -0.25) is 0 Å². The third-order valence-electron chi connectivity index (χ3n) is 0. The Balaban J connectivity index is 4.65. The van der Waals surface area contributed by atoms with Gasteiger partial charge < -0.3 is 0 Å². The molecule has 0 radical (unpaired) electrons. The van der Waals surface area contributed by atoms with E-state index in [0.29, 0.717) is 0 Å². The Morgan fingerprint density at radius 2 is 2.00 bits per heavy atom. The van der Waals surface area contributed by atoms with Crippen LogP contribution in [-0.2, 0) is 9.40 Å². The minimum absolute atomic E-state index is 1.06. The molecule has 0 rings (SSSR count). The van der Waals surface area contributed by atoms with Crippen LogP contribution in [0, 0.1) is 0 Å². The van der Waals surface area contributed by atoms with Crippen LogP contribution in [0.4, 0.5) is 0 Å². The van der Waals surface area contributed by atoms with Crippen molar-refractivity contribution in [2.75, 3.05) is 0 Å². The molecule has 0 aromatic rings. The van der Waals surface area contributed by atoms with Crippen molar-refractivity contribution < 1.29 is 4.21 Å². The maximum atomic E-state index is 9.36. The van der Waals surface area contributed by atoms with Crippen LogP contribution in [0.25, 0.3) is 0 Å². The van der Waals surface area contributed by atoms with Crippen LogP contribution in [-0.4, -0.2) is 10.9 Å². The minimum atomic E-state index is -1.06. The molecular formula is H2BOPS. The van der Waals surface area contributed by atoms with Crippen molar-refractivity contribution in [2.45, 2.75) is 0 Å². The van der Waals surface area contributed by atoms with Crippen molar-refractivity contribution >= 4 is 24.1 Å². The molecule has 0 saturated carbocycles. The molecule has 0 aliphatic rings. The van der Waals surface area contributed by atoms with Crippen LogP contribution in [0.2, 0.25) is 0 Å². The van der Waals surface area contributed by atoms with Crippen LogP contribution >= 0.6 is 8.02 Å². The molecule has 0 saturated heterocycles. The van der Waals surface area contributed by atoms with E-state index in [9.17, 15) is 4.21 Å². The van der Waals surface area contributed by atoms with Crippen molar-refractivity contribution in [3.8, 4) is 0 Å². The van der Waals surface area contributed by atoms with E-state index in [-0.39, 0.29) is 0 Å². The van der Waals surface area contributed by atoms with E-state index >= 15 is 0 Å². The monoisotopic (exact) mass is 92.0 g/mol. The fourth-order valence-corrected chi connectivity index (χ4v) is 0. The standard InChI is InChI=1S/BH2OPS/c1-4(2)3/h1,3H. The molecule has 0 N–H and O–H groups in total. The number of hydrogen-bond acceptors (Lipinski definition) is 1. The van der Waals surface area contributed by atoms with Gasteiger partial charge in [-0.1, -0.05) is 0 Å². The zero-order valence-electron chi connectivity index (χ0n) is 2.02. The molecule has 0 aromatic heterocycles.